The lowest BCUT2D eigenvalue weighted by atomic mass is 10.4. The summed E-state index contributed by atoms with van der Waals surface area (Å²) in [6.45, 7) is 0. The standard InChI is InChI=1S/C8H9N3O2/c12-11(13)4-3-8-5-9-6-10(8)7-1-2-7/h3-7H,1-2H2. The highest BCUT2D eigenvalue weighted by molar-refractivity contribution is 5.42. The number of aromatic nitrogens is 2. The van der Waals surface area contributed by atoms with Gasteiger partial charge in [-0.15, -0.1) is 0 Å². The van der Waals surface area contributed by atoms with E-state index in [4.69, 9.17) is 0 Å². The molecule has 1 aromatic heterocycles. The van der Waals surface area contributed by atoms with Crippen molar-refractivity contribution in [2.24, 2.45) is 0 Å². The van der Waals surface area contributed by atoms with Crippen LogP contribution in [0.1, 0.15) is 24.6 Å². The summed E-state index contributed by atoms with van der Waals surface area (Å²) < 4.78 is 1.97. The van der Waals surface area contributed by atoms with Crippen molar-refractivity contribution in [3.8, 4) is 0 Å². The highest BCUT2D eigenvalue weighted by Crippen LogP contribution is 2.35. The van der Waals surface area contributed by atoms with Gasteiger partial charge in [0.1, 0.15) is 0 Å². The molecule has 0 atom stereocenters. The lowest BCUT2D eigenvalue weighted by Crippen LogP contribution is -1.94. The molecule has 2 rings (SSSR count). The van der Waals surface area contributed by atoms with Crippen LogP contribution in [0.25, 0.3) is 6.08 Å². The Morgan fingerprint density at radius 1 is 1.69 bits per heavy atom. The number of hydrogen-bond donors (Lipinski definition) is 0. The largest absolute Gasteiger partial charge is 0.328 e. The van der Waals surface area contributed by atoms with E-state index in [-0.39, 0.29) is 0 Å². The average molecular weight is 179 g/mol. The molecule has 1 saturated carbocycles. The van der Waals surface area contributed by atoms with Gasteiger partial charge in [0, 0.05) is 12.1 Å². The van der Waals surface area contributed by atoms with Gasteiger partial charge in [-0.3, -0.25) is 10.1 Å². The fraction of sp³-hybridized carbons (Fsp3) is 0.375. The Kier molecular flexibility index (Phi) is 1.84. The Bertz CT molecular complexity index is 352. The lowest BCUT2D eigenvalue weighted by molar-refractivity contribution is -0.401. The molecule has 0 bridgehead atoms. The first-order valence-corrected chi connectivity index (χ1v) is 4.11. The van der Waals surface area contributed by atoms with Crippen LogP contribution in [0.15, 0.2) is 18.7 Å². The smallest absolute Gasteiger partial charge is 0.236 e. The van der Waals surface area contributed by atoms with Crippen LogP contribution >= 0.6 is 0 Å². The minimum Gasteiger partial charge on any atom is -0.328 e. The zero-order valence-corrected chi connectivity index (χ0v) is 6.96. The van der Waals surface area contributed by atoms with Gasteiger partial charge in [-0.2, -0.15) is 0 Å². The van der Waals surface area contributed by atoms with Crippen LogP contribution in [0.2, 0.25) is 0 Å². The molecule has 0 radical (unpaired) electrons. The Hall–Kier alpha value is -1.65. The maximum atomic E-state index is 10.1. The molecule has 1 fully saturated rings. The second-order valence-corrected chi connectivity index (χ2v) is 3.06. The van der Waals surface area contributed by atoms with Gasteiger partial charge in [0.15, 0.2) is 0 Å². The van der Waals surface area contributed by atoms with E-state index in [0.29, 0.717) is 6.04 Å². The highest BCUT2D eigenvalue weighted by Gasteiger charge is 2.24. The zero-order chi connectivity index (χ0) is 9.26. The lowest BCUT2D eigenvalue weighted by Gasteiger charge is -1.99. The maximum absolute atomic E-state index is 10.1. The topological polar surface area (TPSA) is 61.0 Å². The molecule has 1 aromatic rings. The van der Waals surface area contributed by atoms with Crippen LogP contribution in [-0.4, -0.2) is 14.5 Å². The number of nitro groups is 1. The molecule has 1 aliphatic rings. The summed E-state index contributed by atoms with van der Waals surface area (Å²) in [5.74, 6) is 0. The van der Waals surface area contributed by atoms with E-state index in [1.807, 2.05) is 4.57 Å². The molecule has 0 aromatic carbocycles. The number of nitrogens with zero attached hydrogens (tertiary/aromatic N) is 3. The summed E-state index contributed by atoms with van der Waals surface area (Å²) in [6, 6.07) is 0.508. The first-order chi connectivity index (χ1) is 6.27. The highest BCUT2D eigenvalue weighted by atomic mass is 16.6. The third-order valence-corrected chi connectivity index (χ3v) is 2.00. The molecule has 0 amide bonds. The summed E-state index contributed by atoms with van der Waals surface area (Å²) in [4.78, 5) is 13.6. The van der Waals surface area contributed by atoms with E-state index in [9.17, 15) is 10.1 Å². The molecule has 5 heteroatoms. The van der Waals surface area contributed by atoms with Gasteiger partial charge in [0.25, 0.3) is 0 Å². The number of hydrogen-bond acceptors (Lipinski definition) is 3. The third-order valence-electron chi connectivity index (χ3n) is 2.00. The van der Waals surface area contributed by atoms with Crippen molar-refractivity contribution in [2.45, 2.75) is 18.9 Å². The normalized spacial score (nSPS) is 16.6. The van der Waals surface area contributed by atoms with Crippen LogP contribution in [0.4, 0.5) is 0 Å². The maximum Gasteiger partial charge on any atom is 0.236 e. The van der Waals surface area contributed by atoms with Crippen LogP contribution in [0.5, 0.6) is 0 Å². The van der Waals surface area contributed by atoms with Crippen LogP contribution in [0.3, 0.4) is 0 Å². The Morgan fingerprint density at radius 2 is 2.46 bits per heavy atom. The first-order valence-electron chi connectivity index (χ1n) is 4.11. The van der Waals surface area contributed by atoms with Gasteiger partial charge in [0.05, 0.1) is 23.1 Å². The van der Waals surface area contributed by atoms with E-state index in [2.05, 4.69) is 4.98 Å². The molecule has 0 N–H and O–H groups in total. The monoisotopic (exact) mass is 179 g/mol. The molecule has 13 heavy (non-hydrogen) atoms. The molecule has 1 heterocycles. The molecule has 5 nitrogen and oxygen atoms in total. The van der Waals surface area contributed by atoms with Crippen molar-refractivity contribution in [1.29, 1.82) is 0 Å². The molecular formula is C8H9N3O2. The fourth-order valence-corrected chi connectivity index (χ4v) is 1.24. The van der Waals surface area contributed by atoms with Gasteiger partial charge >= 0.3 is 0 Å². The second kappa shape index (κ2) is 3.01. The van der Waals surface area contributed by atoms with E-state index in [0.717, 1.165) is 24.7 Å². The van der Waals surface area contributed by atoms with Crippen LogP contribution < -0.4 is 0 Å². The first kappa shape index (κ1) is 7.97. The van der Waals surface area contributed by atoms with Gasteiger partial charge in [-0.1, -0.05) is 0 Å². The van der Waals surface area contributed by atoms with Crippen LogP contribution in [0, 0.1) is 10.1 Å². The van der Waals surface area contributed by atoms with Crippen molar-refractivity contribution < 1.29 is 4.92 Å². The molecule has 0 saturated heterocycles. The van der Waals surface area contributed by atoms with Crippen molar-refractivity contribution in [3.05, 3.63) is 34.5 Å². The third kappa shape index (κ3) is 1.74. The van der Waals surface area contributed by atoms with E-state index in [1.165, 1.54) is 6.08 Å². The summed E-state index contributed by atoms with van der Waals surface area (Å²) >= 11 is 0. The van der Waals surface area contributed by atoms with Gasteiger partial charge in [-0.25, -0.2) is 4.98 Å². The summed E-state index contributed by atoms with van der Waals surface area (Å²) in [6.07, 6.45) is 8.07. The second-order valence-electron chi connectivity index (χ2n) is 3.06. The van der Waals surface area contributed by atoms with Crippen LogP contribution in [-0.2, 0) is 0 Å². The molecule has 1 aliphatic carbocycles. The fourth-order valence-electron chi connectivity index (χ4n) is 1.24. The SMILES string of the molecule is O=[N+]([O-])C=Cc1cncn1C1CC1. The number of imidazole rings is 1. The van der Waals surface area contributed by atoms with E-state index < -0.39 is 4.92 Å². The van der Waals surface area contributed by atoms with Crippen molar-refractivity contribution in [2.75, 3.05) is 0 Å². The summed E-state index contributed by atoms with van der Waals surface area (Å²) in [5, 5.41) is 10.1. The van der Waals surface area contributed by atoms with Gasteiger partial charge in [0.2, 0.25) is 6.20 Å². The van der Waals surface area contributed by atoms with Gasteiger partial charge in [-0.05, 0) is 12.8 Å². The minimum absolute atomic E-state index is 0.468. The predicted molar refractivity (Wildman–Crippen MR) is 46.5 cm³/mol. The molecular weight excluding hydrogens is 170 g/mol. The average Bonchev–Trinajstić information content (AvgIpc) is 2.82. The van der Waals surface area contributed by atoms with E-state index >= 15 is 0 Å². The minimum atomic E-state index is -0.468. The Morgan fingerprint density at radius 3 is 3.08 bits per heavy atom. The Labute approximate surface area is 74.9 Å². The predicted octanol–water partition coefficient (Wildman–Crippen LogP) is 1.47. The summed E-state index contributed by atoms with van der Waals surface area (Å²) in [7, 11) is 0. The van der Waals surface area contributed by atoms with Crippen molar-refractivity contribution in [3.63, 3.8) is 0 Å². The Balaban J connectivity index is 2.19. The molecule has 68 valence electrons. The summed E-state index contributed by atoms with van der Waals surface area (Å²) in [5.41, 5.74) is 0.805. The molecule has 0 aliphatic heterocycles. The van der Waals surface area contributed by atoms with E-state index in [1.54, 1.807) is 12.5 Å². The zero-order valence-electron chi connectivity index (χ0n) is 6.96. The molecule has 0 spiro atoms. The number of rotatable bonds is 3. The molecule has 0 unspecified atom stereocenters. The van der Waals surface area contributed by atoms with Gasteiger partial charge < -0.3 is 4.57 Å². The quantitative estimate of drug-likeness (QED) is 0.521. The van der Waals surface area contributed by atoms with Crippen molar-refractivity contribution >= 4 is 6.08 Å². The van der Waals surface area contributed by atoms with Crippen molar-refractivity contribution in [1.82, 2.24) is 9.55 Å².